The van der Waals surface area contributed by atoms with E-state index < -0.39 is 0 Å². The summed E-state index contributed by atoms with van der Waals surface area (Å²) in [6, 6.07) is 8.36. The smallest absolute Gasteiger partial charge is 0.179 e. The molecular weight excluding hydrogens is 416 g/mol. The summed E-state index contributed by atoms with van der Waals surface area (Å²) >= 11 is 0. The summed E-state index contributed by atoms with van der Waals surface area (Å²) in [5.74, 6) is 1.66. The Labute approximate surface area is 192 Å². The van der Waals surface area contributed by atoms with Crippen LogP contribution in [-0.2, 0) is 17.7 Å². The van der Waals surface area contributed by atoms with Crippen LogP contribution >= 0.6 is 0 Å². The molecule has 6 rings (SSSR count). The molecule has 1 spiro atoms. The molecule has 0 bridgehead atoms. The van der Waals surface area contributed by atoms with E-state index in [0.29, 0.717) is 12.2 Å². The van der Waals surface area contributed by atoms with Gasteiger partial charge in [-0.15, -0.1) is 0 Å². The van der Waals surface area contributed by atoms with Gasteiger partial charge in [-0.1, -0.05) is 12.1 Å². The number of anilines is 2. The SMILES string of the molecule is C[C@@H]1OCC2(CCN(c3cnc4c(N5CCc6cccc(C#N)c6C5)n[nH]c4n3)CC2)[C@@H]1N. The molecule has 0 aliphatic carbocycles. The fraction of sp³-hybridized carbons (Fsp3) is 0.500. The maximum absolute atomic E-state index is 9.50. The van der Waals surface area contributed by atoms with Crippen molar-refractivity contribution in [2.24, 2.45) is 11.1 Å². The van der Waals surface area contributed by atoms with E-state index in [4.69, 9.17) is 20.4 Å². The van der Waals surface area contributed by atoms with Crippen LogP contribution in [0.2, 0.25) is 0 Å². The first kappa shape index (κ1) is 20.4. The number of nitrogens with zero attached hydrogens (tertiary/aromatic N) is 6. The van der Waals surface area contributed by atoms with Crippen molar-refractivity contribution in [3.05, 3.63) is 41.1 Å². The van der Waals surface area contributed by atoms with Gasteiger partial charge in [0.1, 0.15) is 5.82 Å². The van der Waals surface area contributed by atoms with E-state index in [1.54, 1.807) is 0 Å². The Bertz CT molecular complexity index is 1240. The van der Waals surface area contributed by atoms with Gasteiger partial charge in [0.15, 0.2) is 17.0 Å². The van der Waals surface area contributed by atoms with Gasteiger partial charge >= 0.3 is 0 Å². The molecular formula is C24H28N8O. The summed E-state index contributed by atoms with van der Waals surface area (Å²) in [5, 5.41) is 17.1. The third-order valence-corrected chi connectivity index (χ3v) is 7.86. The average Bonchev–Trinajstić information content (AvgIpc) is 3.40. The highest BCUT2D eigenvalue weighted by Crippen LogP contribution is 2.42. The normalized spacial score (nSPS) is 24.3. The van der Waals surface area contributed by atoms with E-state index in [9.17, 15) is 5.26 Å². The fourth-order valence-corrected chi connectivity index (χ4v) is 5.67. The van der Waals surface area contributed by atoms with Crippen molar-refractivity contribution >= 4 is 22.8 Å². The number of aromatic amines is 1. The molecule has 3 aromatic rings. The number of ether oxygens (including phenoxy) is 1. The van der Waals surface area contributed by atoms with E-state index in [2.05, 4.69) is 39.1 Å². The third kappa shape index (κ3) is 3.24. The second-order valence-electron chi connectivity index (χ2n) is 9.59. The Morgan fingerprint density at radius 1 is 1.24 bits per heavy atom. The summed E-state index contributed by atoms with van der Waals surface area (Å²) in [6.07, 6.45) is 4.86. The lowest BCUT2D eigenvalue weighted by molar-refractivity contribution is 0.0974. The zero-order chi connectivity index (χ0) is 22.6. The molecule has 0 amide bonds. The lowest BCUT2D eigenvalue weighted by Crippen LogP contribution is -2.50. The van der Waals surface area contributed by atoms with Crippen LogP contribution in [0.15, 0.2) is 24.4 Å². The minimum Gasteiger partial charge on any atom is -0.376 e. The molecule has 170 valence electrons. The molecule has 33 heavy (non-hydrogen) atoms. The van der Waals surface area contributed by atoms with Crippen LogP contribution in [0.1, 0.15) is 36.5 Å². The third-order valence-electron chi connectivity index (χ3n) is 7.86. The van der Waals surface area contributed by atoms with E-state index in [1.807, 2.05) is 18.3 Å². The predicted molar refractivity (Wildman–Crippen MR) is 125 cm³/mol. The predicted octanol–water partition coefficient (Wildman–Crippen LogP) is 2.12. The summed E-state index contributed by atoms with van der Waals surface area (Å²) in [4.78, 5) is 14.1. The lowest BCUT2D eigenvalue weighted by atomic mass is 9.73. The Hall–Kier alpha value is -3.22. The number of nitrogens with two attached hydrogens (primary N) is 1. The Kier molecular flexibility index (Phi) is 4.75. The second kappa shape index (κ2) is 7.68. The monoisotopic (exact) mass is 444 g/mol. The van der Waals surface area contributed by atoms with Crippen molar-refractivity contribution in [1.82, 2.24) is 20.2 Å². The minimum absolute atomic E-state index is 0.0848. The first-order chi connectivity index (χ1) is 16.1. The van der Waals surface area contributed by atoms with Crippen molar-refractivity contribution in [2.45, 2.75) is 44.9 Å². The molecule has 1 aromatic carbocycles. The number of rotatable bonds is 2. The Morgan fingerprint density at radius 2 is 2.09 bits per heavy atom. The van der Waals surface area contributed by atoms with E-state index in [0.717, 1.165) is 73.8 Å². The molecule has 3 aliphatic heterocycles. The highest BCUT2D eigenvalue weighted by atomic mass is 16.5. The maximum Gasteiger partial charge on any atom is 0.179 e. The number of fused-ring (bicyclic) bond motifs is 2. The average molecular weight is 445 g/mol. The van der Waals surface area contributed by atoms with Crippen LogP contribution in [0.25, 0.3) is 11.2 Å². The molecule has 3 N–H and O–H groups in total. The molecule has 0 unspecified atom stereocenters. The molecule has 2 fully saturated rings. The summed E-state index contributed by atoms with van der Waals surface area (Å²) in [7, 11) is 0. The number of hydrogen-bond donors (Lipinski definition) is 2. The number of piperidine rings is 1. The van der Waals surface area contributed by atoms with Crippen LogP contribution in [0.3, 0.4) is 0 Å². The summed E-state index contributed by atoms with van der Waals surface area (Å²) < 4.78 is 5.85. The fourth-order valence-electron chi connectivity index (χ4n) is 5.67. The molecule has 9 nitrogen and oxygen atoms in total. The maximum atomic E-state index is 9.50. The number of nitrogens with one attached hydrogen (secondary N) is 1. The minimum atomic E-state index is 0.0848. The molecule has 0 radical (unpaired) electrons. The van der Waals surface area contributed by atoms with Gasteiger partial charge in [-0.25, -0.2) is 9.97 Å². The van der Waals surface area contributed by atoms with Gasteiger partial charge in [0.2, 0.25) is 0 Å². The lowest BCUT2D eigenvalue weighted by Gasteiger charge is -2.41. The quantitative estimate of drug-likeness (QED) is 0.617. The molecule has 5 heterocycles. The number of nitriles is 1. The molecule has 9 heteroatoms. The Balaban J connectivity index is 1.22. The largest absolute Gasteiger partial charge is 0.376 e. The number of aromatic nitrogens is 4. The van der Waals surface area contributed by atoms with Crippen LogP contribution in [0.5, 0.6) is 0 Å². The van der Waals surface area contributed by atoms with Crippen LogP contribution in [0.4, 0.5) is 11.6 Å². The van der Waals surface area contributed by atoms with Gasteiger partial charge < -0.3 is 20.3 Å². The van der Waals surface area contributed by atoms with Crippen molar-refractivity contribution in [3.8, 4) is 6.07 Å². The number of benzene rings is 1. The van der Waals surface area contributed by atoms with E-state index in [1.165, 1.54) is 5.56 Å². The zero-order valence-electron chi connectivity index (χ0n) is 18.8. The first-order valence-corrected chi connectivity index (χ1v) is 11.7. The molecule has 3 aliphatic rings. The summed E-state index contributed by atoms with van der Waals surface area (Å²) in [5.41, 5.74) is 11.1. The van der Waals surface area contributed by atoms with Crippen molar-refractivity contribution in [1.29, 1.82) is 5.26 Å². The van der Waals surface area contributed by atoms with Gasteiger partial charge in [-0.2, -0.15) is 10.4 Å². The van der Waals surface area contributed by atoms with Gasteiger partial charge in [0, 0.05) is 37.6 Å². The topological polar surface area (TPSA) is 120 Å². The number of hydrogen-bond acceptors (Lipinski definition) is 8. The van der Waals surface area contributed by atoms with Crippen molar-refractivity contribution < 1.29 is 4.74 Å². The molecule has 2 saturated heterocycles. The van der Waals surface area contributed by atoms with Gasteiger partial charge in [0.25, 0.3) is 0 Å². The molecule has 2 aromatic heterocycles. The highest BCUT2D eigenvalue weighted by molar-refractivity contribution is 5.84. The molecule has 2 atom stereocenters. The second-order valence-corrected chi connectivity index (χ2v) is 9.59. The molecule has 0 saturated carbocycles. The number of H-pyrrole nitrogens is 1. The van der Waals surface area contributed by atoms with Crippen molar-refractivity contribution in [3.63, 3.8) is 0 Å². The summed E-state index contributed by atoms with van der Waals surface area (Å²) in [6.45, 7) is 6.10. The Morgan fingerprint density at radius 3 is 2.85 bits per heavy atom. The first-order valence-electron chi connectivity index (χ1n) is 11.7. The standard InChI is InChI=1S/C24H28N8O/c1-15-21(26)24(14-33-15)6-9-31(10-7-24)19-12-27-20-22(28-19)29-30-23(20)32-8-5-16-3-2-4-17(11-25)18(16)13-32/h2-4,12,15,21H,5-10,13-14,26H2,1H3,(H,28,29,30)/t15-,21+/m0/s1. The van der Waals surface area contributed by atoms with E-state index >= 15 is 0 Å². The van der Waals surface area contributed by atoms with Gasteiger partial charge in [0.05, 0.1) is 30.5 Å². The highest BCUT2D eigenvalue weighted by Gasteiger charge is 2.47. The van der Waals surface area contributed by atoms with Crippen LogP contribution < -0.4 is 15.5 Å². The van der Waals surface area contributed by atoms with Gasteiger partial charge in [-0.05, 0) is 43.4 Å². The van der Waals surface area contributed by atoms with Crippen LogP contribution in [-0.4, -0.2) is 58.6 Å². The zero-order valence-corrected chi connectivity index (χ0v) is 18.8. The van der Waals surface area contributed by atoms with Crippen molar-refractivity contribution in [2.75, 3.05) is 36.0 Å². The van der Waals surface area contributed by atoms with Gasteiger partial charge in [-0.3, -0.25) is 5.10 Å². The van der Waals surface area contributed by atoms with E-state index in [-0.39, 0.29) is 17.6 Å². The van der Waals surface area contributed by atoms with Crippen LogP contribution in [0, 0.1) is 16.7 Å².